The fraction of sp³-hybridized carbons (Fsp3) is 0.125. The van der Waals surface area contributed by atoms with Crippen molar-refractivity contribution in [1.82, 2.24) is 5.43 Å². The highest BCUT2D eigenvalue weighted by Gasteiger charge is 2.33. The van der Waals surface area contributed by atoms with E-state index in [1.54, 1.807) is 30.3 Å². The van der Waals surface area contributed by atoms with Gasteiger partial charge in [0.15, 0.2) is 0 Å². The third kappa shape index (κ3) is 2.76. The van der Waals surface area contributed by atoms with Crippen LogP contribution in [0.15, 0.2) is 48.5 Å². The number of hydrogen-bond acceptors (Lipinski definition) is 5. The Morgan fingerprint density at radius 3 is 2.71 bits per heavy atom. The van der Waals surface area contributed by atoms with Gasteiger partial charge >= 0.3 is 5.97 Å². The molecular weight excluding hydrogens is 314 g/mol. The summed E-state index contributed by atoms with van der Waals surface area (Å²) in [4.78, 5) is 34.0. The SMILES string of the molecule is O=C(O)CC1c2ccccc2C(=O)NN1c1cccc([N+](=O)[O-])c1. The van der Waals surface area contributed by atoms with Crippen LogP contribution in [-0.4, -0.2) is 21.9 Å². The van der Waals surface area contributed by atoms with E-state index in [4.69, 9.17) is 0 Å². The van der Waals surface area contributed by atoms with Gasteiger partial charge in [-0.05, 0) is 17.7 Å². The molecule has 0 spiro atoms. The molecule has 0 saturated heterocycles. The number of benzene rings is 2. The summed E-state index contributed by atoms with van der Waals surface area (Å²) in [6, 6.07) is 11.7. The number of fused-ring (bicyclic) bond motifs is 1. The molecule has 122 valence electrons. The second-order valence-electron chi connectivity index (χ2n) is 5.29. The topological polar surface area (TPSA) is 113 Å². The van der Waals surface area contributed by atoms with E-state index in [1.165, 1.54) is 23.2 Å². The number of aliphatic carboxylic acids is 1. The summed E-state index contributed by atoms with van der Waals surface area (Å²) in [7, 11) is 0. The van der Waals surface area contributed by atoms with Gasteiger partial charge in [-0.2, -0.15) is 0 Å². The Hall–Kier alpha value is -3.42. The number of hydrazine groups is 1. The van der Waals surface area contributed by atoms with Gasteiger partial charge in [0.05, 0.1) is 23.1 Å². The molecule has 0 fully saturated rings. The van der Waals surface area contributed by atoms with Gasteiger partial charge in [-0.3, -0.25) is 30.1 Å². The van der Waals surface area contributed by atoms with Crippen molar-refractivity contribution < 1.29 is 19.6 Å². The third-order valence-corrected chi connectivity index (χ3v) is 3.78. The lowest BCUT2D eigenvalue weighted by Crippen LogP contribution is -2.50. The van der Waals surface area contributed by atoms with Crippen molar-refractivity contribution in [1.29, 1.82) is 0 Å². The number of rotatable bonds is 4. The van der Waals surface area contributed by atoms with Crippen molar-refractivity contribution in [2.24, 2.45) is 0 Å². The Labute approximate surface area is 136 Å². The van der Waals surface area contributed by atoms with Crippen LogP contribution in [0.5, 0.6) is 0 Å². The van der Waals surface area contributed by atoms with E-state index in [0.29, 0.717) is 16.8 Å². The van der Waals surface area contributed by atoms with E-state index >= 15 is 0 Å². The Morgan fingerprint density at radius 1 is 1.25 bits per heavy atom. The highest BCUT2D eigenvalue weighted by atomic mass is 16.6. The van der Waals surface area contributed by atoms with Crippen LogP contribution in [0.25, 0.3) is 0 Å². The number of nitrogens with one attached hydrogen (secondary N) is 1. The van der Waals surface area contributed by atoms with E-state index in [1.807, 2.05) is 0 Å². The minimum Gasteiger partial charge on any atom is -0.481 e. The summed E-state index contributed by atoms with van der Waals surface area (Å²) in [6.07, 6.45) is -0.264. The van der Waals surface area contributed by atoms with Gasteiger partial charge in [-0.25, -0.2) is 0 Å². The first-order chi connectivity index (χ1) is 11.5. The van der Waals surface area contributed by atoms with Crippen LogP contribution in [0.1, 0.15) is 28.4 Å². The number of non-ortho nitro benzene ring substituents is 1. The van der Waals surface area contributed by atoms with Gasteiger partial charge in [0.25, 0.3) is 11.6 Å². The molecule has 2 aromatic carbocycles. The Kier molecular flexibility index (Phi) is 3.87. The van der Waals surface area contributed by atoms with Crippen molar-refractivity contribution in [3.63, 3.8) is 0 Å². The number of amides is 1. The number of carboxylic acids is 1. The van der Waals surface area contributed by atoms with Gasteiger partial charge in [0.1, 0.15) is 0 Å². The van der Waals surface area contributed by atoms with Gasteiger partial charge in [-0.15, -0.1) is 0 Å². The standard InChI is InChI=1S/C16H13N3O5/c20-15(21)9-14-12-6-1-2-7-13(12)16(22)17-18(14)10-4-3-5-11(8-10)19(23)24/h1-8,14H,9H2,(H,17,22)(H,20,21). The van der Waals surface area contributed by atoms with Crippen LogP contribution in [0.3, 0.4) is 0 Å². The molecule has 1 unspecified atom stereocenters. The first-order valence-electron chi connectivity index (χ1n) is 7.13. The lowest BCUT2D eigenvalue weighted by molar-refractivity contribution is -0.384. The molecule has 0 radical (unpaired) electrons. The maximum absolute atomic E-state index is 12.3. The number of nitrogens with zero attached hydrogens (tertiary/aromatic N) is 2. The van der Waals surface area contributed by atoms with Crippen LogP contribution in [0, 0.1) is 10.1 Å². The molecular formula is C16H13N3O5. The van der Waals surface area contributed by atoms with Crippen LogP contribution in [-0.2, 0) is 4.79 Å². The fourth-order valence-corrected chi connectivity index (χ4v) is 2.75. The summed E-state index contributed by atoms with van der Waals surface area (Å²) in [6.45, 7) is 0. The average molecular weight is 327 g/mol. The van der Waals surface area contributed by atoms with Gasteiger partial charge < -0.3 is 5.11 Å². The summed E-state index contributed by atoms with van der Waals surface area (Å²) >= 11 is 0. The summed E-state index contributed by atoms with van der Waals surface area (Å²) in [5.41, 5.74) is 3.78. The van der Waals surface area contributed by atoms with Crippen molar-refractivity contribution >= 4 is 23.3 Å². The smallest absolute Gasteiger partial charge is 0.305 e. The second-order valence-corrected chi connectivity index (χ2v) is 5.29. The number of carboxylic acid groups (broad SMARTS) is 1. The fourth-order valence-electron chi connectivity index (χ4n) is 2.75. The zero-order valence-corrected chi connectivity index (χ0v) is 12.4. The summed E-state index contributed by atoms with van der Waals surface area (Å²) in [5, 5.41) is 21.5. The molecule has 1 aliphatic heterocycles. The first kappa shape index (κ1) is 15.5. The average Bonchev–Trinajstić information content (AvgIpc) is 2.57. The lowest BCUT2D eigenvalue weighted by Gasteiger charge is -2.37. The number of nitro groups is 1. The Balaban J connectivity index is 2.09. The predicted molar refractivity (Wildman–Crippen MR) is 84.5 cm³/mol. The number of carbonyl (C=O) groups excluding carboxylic acids is 1. The summed E-state index contributed by atoms with van der Waals surface area (Å²) < 4.78 is 0. The minimum atomic E-state index is -1.04. The molecule has 0 aliphatic carbocycles. The van der Waals surface area contributed by atoms with E-state index < -0.39 is 22.8 Å². The molecule has 24 heavy (non-hydrogen) atoms. The highest BCUT2D eigenvalue weighted by Crippen LogP contribution is 2.34. The van der Waals surface area contributed by atoms with E-state index in [9.17, 15) is 24.8 Å². The molecule has 3 rings (SSSR count). The number of anilines is 1. The van der Waals surface area contributed by atoms with Crippen LogP contribution in [0.4, 0.5) is 11.4 Å². The molecule has 0 saturated carbocycles. The number of hydrogen-bond donors (Lipinski definition) is 2. The molecule has 1 heterocycles. The molecule has 0 aromatic heterocycles. The van der Waals surface area contributed by atoms with Crippen molar-refractivity contribution in [3.8, 4) is 0 Å². The molecule has 8 heteroatoms. The minimum absolute atomic E-state index is 0.144. The van der Waals surface area contributed by atoms with Crippen LogP contribution in [0.2, 0.25) is 0 Å². The van der Waals surface area contributed by atoms with Gasteiger partial charge in [0, 0.05) is 17.7 Å². The third-order valence-electron chi connectivity index (χ3n) is 3.78. The van der Waals surface area contributed by atoms with Crippen molar-refractivity contribution in [2.75, 3.05) is 5.01 Å². The lowest BCUT2D eigenvalue weighted by atomic mass is 9.94. The monoisotopic (exact) mass is 327 g/mol. The quantitative estimate of drug-likeness (QED) is 0.658. The van der Waals surface area contributed by atoms with Crippen LogP contribution >= 0.6 is 0 Å². The highest BCUT2D eigenvalue weighted by molar-refractivity contribution is 5.98. The van der Waals surface area contributed by atoms with E-state index in [0.717, 1.165) is 0 Å². The molecule has 1 aliphatic rings. The maximum Gasteiger partial charge on any atom is 0.305 e. The van der Waals surface area contributed by atoms with E-state index in [-0.39, 0.29) is 12.1 Å². The molecule has 0 bridgehead atoms. The second kappa shape index (κ2) is 5.99. The normalized spacial score (nSPS) is 16.2. The molecule has 1 amide bonds. The van der Waals surface area contributed by atoms with Crippen molar-refractivity contribution in [3.05, 3.63) is 69.8 Å². The predicted octanol–water partition coefficient (Wildman–Crippen LogP) is 2.28. The number of carbonyl (C=O) groups is 2. The molecule has 2 N–H and O–H groups in total. The largest absolute Gasteiger partial charge is 0.481 e. The zero-order valence-electron chi connectivity index (χ0n) is 12.4. The van der Waals surface area contributed by atoms with Gasteiger partial charge in [-0.1, -0.05) is 24.3 Å². The Bertz CT molecular complexity index is 836. The molecule has 2 aromatic rings. The Morgan fingerprint density at radius 2 is 2.00 bits per heavy atom. The molecule has 1 atom stereocenters. The molecule has 8 nitrogen and oxygen atoms in total. The van der Waals surface area contributed by atoms with E-state index in [2.05, 4.69) is 5.43 Å². The number of nitro benzene ring substituents is 1. The zero-order chi connectivity index (χ0) is 17.3. The summed E-state index contributed by atoms with van der Waals surface area (Å²) in [5.74, 6) is -1.43. The first-order valence-corrected chi connectivity index (χ1v) is 7.13. The van der Waals surface area contributed by atoms with Crippen LogP contribution < -0.4 is 10.4 Å². The van der Waals surface area contributed by atoms with Crippen molar-refractivity contribution in [2.45, 2.75) is 12.5 Å². The van der Waals surface area contributed by atoms with Gasteiger partial charge in [0.2, 0.25) is 0 Å². The maximum atomic E-state index is 12.3.